The van der Waals surface area contributed by atoms with Crippen molar-refractivity contribution in [2.45, 2.75) is 0 Å². The van der Waals surface area contributed by atoms with Crippen molar-refractivity contribution in [2.75, 3.05) is 19.0 Å². The topological polar surface area (TPSA) is 90.7 Å². The van der Waals surface area contributed by atoms with E-state index in [4.69, 9.17) is 44.3 Å². The smallest absolute Gasteiger partial charge is 0.296 e. The molecule has 0 bridgehead atoms. The SMILES string of the molecule is COc1ccc(NC(=O)COc2cc(Cl)c(Cl)cc2Cl)c([N+](=O)[O-])c1. The highest BCUT2D eigenvalue weighted by Crippen LogP contribution is 2.34. The van der Waals surface area contributed by atoms with Crippen LogP contribution in [0.15, 0.2) is 30.3 Å². The number of nitrogens with zero attached hydrogens (tertiary/aromatic N) is 1. The molecule has 0 heterocycles. The van der Waals surface area contributed by atoms with Crippen molar-refractivity contribution >= 4 is 52.1 Å². The standard InChI is InChI=1S/C15H11Cl3N2O5/c1-24-8-2-3-12(13(4-8)20(22)23)19-15(21)7-25-14-6-10(17)9(16)5-11(14)18/h2-6H,7H2,1H3,(H,19,21). The van der Waals surface area contributed by atoms with Crippen molar-refractivity contribution < 1.29 is 19.2 Å². The van der Waals surface area contributed by atoms with Crippen LogP contribution in [0.2, 0.25) is 15.1 Å². The van der Waals surface area contributed by atoms with Crippen LogP contribution >= 0.6 is 34.8 Å². The molecule has 0 saturated heterocycles. The number of carbonyl (C=O) groups excluding carboxylic acids is 1. The monoisotopic (exact) mass is 404 g/mol. The summed E-state index contributed by atoms with van der Waals surface area (Å²) in [5.41, 5.74) is -0.292. The lowest BCUT2D eigenvalue weighted by atomic mass is 10.2. The number of hydrogen-bond acceptors (Lipinski definition) is 5. The number of anilines is 1. The summed E-state index contributed by atoms with van der Waals surface area (Å²) in [5, 5.41) is 14.1. The molecule has 0 saturated carbocycles. The Bertz CT molecular complexity index is 829. The van der Waals surface area contributed by atoms with Crippen molar-refractivity contribution in [2.24, 2.45) is 0 Å². The van der Waals surface area contributed by atoms with Gasteiger partial charge in [-0.25, -0.2) is 0 Å². The lowest BCUT2D eigenvalue weighted by Gasteiger charge is -2.10. The summed E-state index contributed by atoms with van der Waals surface area (Å²) >= 11 is 17.6. The van der Waals surface area contributed by atoms with Gasteiger partial charge >= 0.3 is 0 Å². The minimum atomic E-state index is -0.630. The Kier molecular flexibility index (Phi) is 6.30. The maximum atomic E-state index is 12.0. The number of benzene rings is 2. The van der Waals surface area contributed by atoms with Gasteiger partial charge in [-0.2, -0.15) is 0 Å². The molecule has 2 aromatic rings. The quantitative estimate of drug-likeness (QED) is 0.431. The van der Waals surface area contributed by atoms with Gasteiger partial charge in [-0.3, -0.25) is 14.9 Å². The van der Waals surface area contributed by atoms with Gasteiger partial charge in [0.2, 0.25) is 0 Å². The van der Waals surface area contributed by atoms with Gasteiger partial charge in [0.05, 0.1) is 33.2 Å². The summed E-state index contributed by atoms with van der Waals surface area (Å²) in [7, 11) is 1.38. The fourth-order valence-electron chi connectivity index (χ4n) is 1.84. The van der Waals surface area contributed by atoms with Gasteiger partial charge in [-0.15, -0.1) is 0 Å². The van der Waals surface area contributed by atoms with Crippen molar-refractivity contribution in [1.82, 2.24) is 0 Å². The minimum absolute atomic E-state index is 0.0136. The second-order valence-corrected chi connectivity index (χ2v) is 5.90. The molecule has 0 fully saturated rings. The number of hydrogen-bond donors (Lipinski definition) is 1. The molecule has 0 aliphatic heterocycles. The second-order valence-electron chi connectivity index (χ2n) is 4.67. The van der Waals surface area contributed by atoms with Gasteiger partial charge < -0.3 is 14.8 Å². The molecule has 25 heavy (non-hydrogen) atoms. The van der Waals surface area contributed by atoms with Gasteiger partial charge in [0, 0.05) is 6.07 Å². The number of nitro groups is 1. The van der Waals surface area contributed by atoms with Crippen LogP contribution in [0.4, 0.5) is 11.4 Å². The van der Waals surface area contributed by atoms with Crippen LogP contribution in [-0.2, 0) is 4.79 Å². The fraction of sp³-hybridized carbons (Fsp3) is 0.133. The molecule has 0 unspecified atom stereocenters. The first-order chi connectivity index (χ1) is 11.8. The first-order valence-electron chi connectivity index (χ1n) is 6.71. The molecule has 132 valence electrons. The van der Waals surface area contributed by atoms with E-state index in [-0.39, 0.29) is 32.2 Å². The second kappa shape index (κ2) is 8.24. The van der Waals surface area contributed by atoms with Crippen LogP contribution in [0, 0.1) is 10.1 Å². The van der Waals surface area contributed by atoms with E-state index in [9.17, 15) is 14.9 Å². The van der Waals surface area contributed by atoms with E-state index in [2.05, 4.69) is 5.32 Å². The van der Waals surface area contributed by atoms with E-state index in [1.165, 1.54) is 37.4 Å². The summed E-state index contributed by atoms with van der Waals surface area (Å²) in [6.07, 6.45) is 0. The minimum Gasteiger partial charge on any atom is -0.496 e. The summed E-state index contributed by atoms with van der Waals surface area (Å²) in [6, 6.07) is 6.80. The average molecular weight is 406 g/mol. The Balaban J connectivity index is 2.08. The Labute approximate surface area is 157 Å². The van der Waals surface area contributed by atoms with Crippen LogP contribution < -0.4 is 14.8 Å². The van der Waals surface area contributed by atoms with Crippen LogP contribution in [0.3, 0.4) is 0 Å². The molecule has 0 radical (unpaired) electrons. The van der Waals surface area contributed by atoms with Crippen LogP contribution in [0.5, 0.6) is 11.5 Å². The maximum Gasteiger partial charge on any atom is 0.296 e. The van der Waals surface area contributed by atoms with Crippen LogP contribution in [0.1, 0.15) is 0 Å². The van der Waals surface area contributed by atoms with Crippen molar-refractivity contribution in [3.63, 3.8) is 0 Å². The highest BCUT2D eigenvalue weighted by Gasteiger charge is 2.18. The molecule has 7 nitrogen and oxygen atoms in total. The zero-order chi connectivity index (χ0) is 18.6. The molecule has 1 amide bonds. The van der Waals surface area contributed by atoms with E-state index >= 15 is 0 Å². The van der Waals surface area contributed by atoms with Gasteiger partial charge in [-0.05, 0) is 18.2 Å². The predicted molar refractivity (Wildman–Crippen MR) is 95.2 cm³/mol. The number of rotatable bonds is 6. The number of methoxy groups -OCH3 is 1. The Hall–Kier alpha value is -2.22. The summed E-state index contributed by atoms with van der Waals surface area (Å²) in [6.45, 7) is -0.430. The third-order valence-electron chi connectivity index (χ3n) is 3.01. The normalized spacial score (nSPS) is 10.2. The molecule has 0 aromatic heterocycles. The zero-order valence-electron chi connectivity index (χ0n) is 12.7. The number of nitro benzene ring substituents is 1. The number of amides is 1. The molecular formula is C15H11Cl3N2O5. The van der Waals surface area contributed by atoms with Crippen molar-refractivity contribution in [3.8, 4) is 11.5 Å². The van der Waals surface area contributed by atoms with Crippen LogP contribution in [0.25, 0.3) is 0 Å². The van der Waals surface area contributed by atoms with E-state index in [1.807, 2.05) is 0 Å². The Morgan fingerprint density at radius 2 is 1.84 bits per heavy atom. The van der Waals surface area contributed by atoms with Crippen molar-refractivity contribution in [1.29, 1.82) is 0 Å². The number of ether oxygens (including phenoxy) is 2. The highest BCUT2D eigenvalue weighted by atomic mass is 35.5. The largest absolute Gasteiger partial charge is 0.496 e. The third kappa shape index (κ3) is 4.88. The highest BCUT2D eigenvalue weighted by molar-refractivity contribution is 6.43. The molecule has 1 N–H and O–H groups in total. The zero-order valence-corrected chi connectivity index (χ0v) is 15.0. The first-order valence-corrected chi connectivity index (χ1v) is 7.85. The molecule has 10 heteroatoms. The van der Waals surface area contributed by atoms with Crippen molar-refractivity contribution in [3.05, 3.63) is 55.5 Å². The summed E-state index contributed by atoms with van der Waals surface area (Å²) in [4.78, 5) is 22.4. The third-order valence-corrected chi connectivity index (χ3v) is 4.03. The van der Waals surface area contributed by atoms with Gasteiger partial charge in [0.25, 0.3) is 11.6 Å². The first kappa shape index (κ1) is 19.1. The molecule has 0 aliphatic rings. The Morgan fingerprint density at radius 3 is 2.48 bits per heavy atom. The maximum absolute atomic E-state index is 12.0. The molecular weight excluding hydrogens is 395 g/mol. The fourth-order valence-corrected chi connectivity index (χ4v) is 2.43. The van der Waals surface area contributed by atoms with E-state index in [1.54, 1.807) is 0 Å². The summed E-state index contributed by atoms with van der Waals surface area (Å²) < 4.78 is 10.2. The van der Waals surface area contributed by atoms with E-state index in [0.717, 1.165) is 0 Å². The predicted octanol–water partition coefficient (Wildman–Crippen LogP) is 4.58. The average Bonchev–Trinajstić information content (AvgIpc) is 2.57. The van der Waals surface area contributed by atoms with E-state index < -0.39 is 17.4 Å². The molecule has 2 rings (SSSR count). The lowest BCUT2D eigenvalue weighted by Crippen LogP contribution is -2.20. The van der Waals surface area contributed by atoms with Gasteiger partial charge in [0.1, 0.15) is 17.2 Å². The summed E-state index contributed by atoms with van der Waals surface area (Å²) in [5.74, 6) is -0.158. The number of halogens is 3. The Morgan fingerprint density at radius 1 is 1.16 bits per heavy atom. The number of nitrogens with one attached hydrogen (secondary N) is 1. The molecule has 2 aromatic carbocycles. The molecule has 0 atom stereocenters. The molecule has 0 spiro atoms. The lowest BCUT2D eigenvalue weighted by molar-refractivity contribution is -0.384. The van der Waals surface area contributed by atoms with E-state index in [0.29, 0.717) is 5.75 Å². The van der Waals surface area contributed by atoms with Gasteiger partial charge in [-0.1, -0.05) is 34.8 Å². The number of carbonyl (C=O) groups is 1. The van der Waals surface area contributed by atoms with Crippen LogP contribution in [-0.4, -0.2) is 24.5 Å². The van der Waals surface area contributed by atoms with Gasteiger partial charge in [0.15, 0.2) is 6.61 Å². The molecule has 0 aliphatic carbocycles.